The molecule has 0 unspecified atom stereocenters. The predicted octanol–water partition coefficient (Wildman–Crippen LogP) is 5.69. The minimum absolute atomic E-state index is 0.0674. The molecule has 0 bridgehead atoms. The fourth-order valence-corrected chi connectivity index (χ4v) is 7.80. The first-order valence-corrected chi connectivity index (χ1v) is 14.3. The van der Waals surface area contributed by atoms with Crippen LogP contribution in [0.1, 0.15) is 76.8 Å². The van der Waals surface area contributed by atoms with Gasteiger partial charge in [0.1, 0.15) is 11.2 Å². The molecule has 2 fully saturated rings. The Kier molecular flexibility index (Phi) is 7.28. The maximum atomic E-state index is 15.9. The molecule has 1 saturated heterocycles. The van der Waals surface area contributed by atoms with Crippen molar-refractivity contribution >= 4 is 40.7 Å². The summed E-state index contributed by atoms with van der Waals surface area (Å²) in [5, 5.41) is 20.1. The zero-order chi connectivity index (χ0) is 28.3. The number of rotatable bonds is 4. The fraction of sp³-hybridized carbons (Fsp3) is 0.533. The SMILES string of the molecule is CC(C)(C)C[C@]1(C)N[C@@H](C(=O)N[C@H]2CC[C@H](O)CC2)[C@H](c2cccc(Cl)c2F)[C@]12C(=O)Nc1cc(Cl)ccc12. The van der Waals surface area contributed by atoms with Gasteiger partial charge >= 0.3 is 0 Å². The van der Waals surface area contributed by atoms with E-state index in [1.165, 1.54) is 6.07 Å². The molecule has 39 heavy (non-hydrogen) atoms. The van der Waals surface area contributed by atoms with E-state index in [1.807, 2.05) is 13.0 Å². The molecule has 9 heteroatoms. The third kappa shape index (κ3) is 4.75. The number of nitrogens with one attached hydrogen (secondary N) is 3. The van der Waals surface area contributed by atoms with Gasteiger partial charge in [-0.3, -0.25) is 14.9 Å². The third-order valence-electron chi connectivity index (χ3n) is 8.68. The van der Waals surface area contributed by atoms with Crippen LogP contribution >= 0.6 is 23.2 Å². The van der Waals surface area contributed by atoms with E-state index >= 15 is 4.39 Å². The summed E-state index contributed by atoms with van der Waals surface area (Å²) in [5.41, 5.74) is -1.08. The largest absolute Gasteiger partial charge is 0.393 e. The zero-order valence-electron chi connectivity index (χ0n) is 22.7. The Labute approximate surface area is 239 Å². The number of amides is 2. The second-order valence-electron chi connectivity index (χ2n) is 12.8. The van der Waals surface area contributed by atoms with E-state index in [4.69, 9.17) is 23.2 Å². The normalized spacial score (nSPS) is 32.3. The molecule has 3 aliphatic rings. The van der Waals surface area contributed by atoms with Crippen molar-refractivity contribution in [2.24, 2.45) is 5.41 Å². The summed E-state index contributed by atoms with van der Waals surface area (Å²) in [7, 11) is 0. The smallest absolute Gasteiger partial charge is 0.238 e. The summed E-state index contributed by atoms with van der Waals surface area (Å²) in [4.78, 5) is 28.4. The monoisotopic (exact) mass is 575 g/mol. The molecule has 4 atom stereocenters. The van der Waals surface area contributed by atoms with Crippen molar-refractivity contribution in [2.75, 3.05) is 5.32 Å². The average Bonchev–Trinajstić information content (AvgIpc) is 3.27. The Bertz CT molecular complexity index is 1310. The molecule has 5 rings (SSSR count). The molecule has 2 aromatic carbocycles. The Morgan fingerprint density at radius 1 is 1.15 bits per heavy atom. The maximum absolute atomic E-state index is 15.9. The van der Waals surface area contributed by atoms with Gasteiger partial charge in [-0.25, -0.2) is 4.39 Å². The van der Waals surface area contributed by atoms with E-state index < -0.39 is 28.7 Å². The third-order valence-corrected chi connectivity index (χ3v) is 9.21. The lowest BCUT2D eigenvalue weighted by atomic mass is 9.56. The lowest BCUT2D eigenvalue weighted by molar-refractivity contribution is -0.124. The van der Waals surface area contributed by atoms with Crippen molar-refractivity contribution in [3.05, 3.63) is 63.4 Å². The topological polar surface area (TPSA) is 90.5 Å². The summed E-state index contributed by atoms with van der Waals surface area (Å²) in [5.74, 6) is -2.15. The summed E-state index contributed by atoms with van der Waals surface area (Å²) in [6.45, 7) is 8.21. The zero-order valence-corrected chi connectivity index (χ0v) is 24.2. The number of carbonyl (C=O) groups excluding carboxylic acids is 2. The van der Waals surface area contributed by atoms with E-state index in [0.717, 1.165) is 0 Å². The Morgan fingerprint density at radius 3 is 2.51 bits per heavy atom. The van der Waals surface area contributed by atoms with Crippen LogP contribution in [-0.2, 0) is 15.0 Å². The molecule has 2 amide bonds. The highest BCUT2D eigenvalue weighted by Gasteiger charge is 2.71. The Balaban J connectivity index is 1.72. The molecular formula is C30H36Cl2FN3O3. The number of hydrogen-bond donors (Lipinski definition) is 4. The minimum atomic E-state index is -1.34. The molecule has 0 radical (unpaired) electrons. The highest BCUT2D eigenvalue weighted by Crippen LogP contribution is 2.61. The number of halogens is 3. The molecule has 6 nitrogen and oxygen atoms in total. The van der Waals surface area contributed by atoms with Crippen LogP contribution in [0.5, 0.6) is 0 Å². The van der Waals surface area contributed by atoms with Crippen molar-refractivity contribution in [2.45, 2.75) is 94.9 Å². The van der Waals surface area contributed by atoms with Crippen LogP contribution in [0.25, 0.3) is 0 Å². The van der Waals surface area contributed by atoms with Crippen molar-refractivity contribution in [3.63, 3.8) is 0 Å². The quantitative estimate of drug-likeness (QED) is 0.377. The van der Waals surface area contributed by atoms with Crippen molar-refractivity contribution in [1.29, 1.82) is 0 Å². The van der Waals surface area contributed by atoms with Crippen LogP contribution in [0, 0.1) is 11.2 Å². The fourth-order valence-electron chi connectivity index (χ4n) is 7.45. The molecule has 0 aromatic heterocycles. The lowest BCUT2D eigenvalue weighted by Gasteiger charge is -2.45. The summed E-state index contributed by atoms with van der Waals surface area (Å²) < 4.78 is 15.9. The number of aliphatic hydroxyl groups excluding tert-OH is 1. The molecular weight excluding hydrogens is 540 g/mol. The Hall–Kier alpha value is -2.19. The van der Waals surface area contributed by atoms with Gasteiger partial charge in [0.2, 0.25) is 11.8 Å². The number of carbonyl (C=O) groups is 2. The summed E-state index contributed by atoms with van der Waals surface area (Å²) >= 11 is 12.6. The van der Waals surface area contributed by atoms with Crippen molar-refractivity contribution in [1.82, 2.24) is 10.6 Å². The molecule has 1 saturated carbocycles. The minimum Gasteiger partial charge on any atom is -0.393 e. The first-order valence-electron chi connectivity index (χ1n) is 13.6. The number of aliphatic hydroxyl groups is 1. The first-order chi connectivity index (χ1) is 18.3. The van der Waals surface area contributed by atoms with Gasteiger partial charge in [0.25, 0.3) is 0 Å². The van der Waals surface area contributed by atoms with Crippen molar-refractivity contribution < 1.29 is 19.1 Å². The average molecular weight is 577 g/mol. The standard InChI is InChI=1S/C30H36Cl2FN3O3/c1-28(2,3)15-29(4)30(20-13-8-16(31)14-22(20)35-27(30)39)23(19-6-5-7-21(32)24(19)33)25(36-29)26(38)34-17-9-11-18(37)12-10-17/h5-8,13-14,17-18,23,25,36-37H,9-12,15H2,1-4H3,(H,34,38)(H,35,39)/t17-,18-,23-,25+,29-,30+/m0/s1. The van der Waals surface area contributed by atoms with Crippen LogP contribution in [0.3, 0.4) is 0 Å². The first kappa shape index (κ1) is 28.3. The van der Waals surface area contributed by atoms with Gasteiger partial charge in [-0.1, -0.05) is 62.2 Å². The van der Waals surface area contributed by atoms with E-state index in [0.29, 0.717) is 48.4 Å². The van der Waals surface area contributed by atoms with Gasteiger partial charge in [0.15, 0.2) is 0 Å². The molecule has 2 heterocycles. The van der Waals surface area contributed by atoms with Crippen LogP contribution in [0.4, 0.5) is 10.1 Å². The number of fused-ring (bicyclic) bond motifs is 2. The second-order valence-corrected chi connectivity index (χ2v) is 13.6. The van der Waals surface area contributed by atoms with E-state index in [-0.39, 0.29) is 40.0 Å². The van der Waals surface area contributed by atoms with Gasteiger partial charge in [-0.15, -0.1) is 0 Å². The number of hydrogen-bond acceptors (Lipinski definition) is 4. The maximum Gasteiger partial charge on any atom is 0.238 e. The van der Waals surface area contributed by atoms with Crippen LogP contribution in [-0.4, -0.2) is 40.6 Å². The second kappa shape index (κ2) is 10.0. The van der Waals surface area contributed by atoms with Gasteiger partial charge in [-0.05, 0) is 73.8 Å². The van der Waals surface area contributed by atoms with E-state index in [2.05, 4.69) is 36.7 Å². The number of benzene rings is 2. The molecule has 1 spiro atoms. The van der Waals surface area contributed by atoms with Gasteiger partial charge in [0, 0.05) is 28.2 Å². The Morgan fingerprint density at radius 2 is 1.85 bits per heavy atom. The molecule has 2 aromatic rings. The van der Waals surface area contributed by atoms with Crippen LogP contribution in [0.15, 0.2) is 36.4 Å². The lowest BCUT2D eigenvalue weighted by Crippen LogP contribution is -2.59. The molecule has 2 aliphatic heterocycles. The summed E-state index contributed by atoms with van der Waals surface area (Å²) in [6, 6.07) is 8.95. The number of anilines is 1. The van der Waals surface area contributed by atoms with Crippen molar-refractivity contribution in [3.8, 4) is 0 Å². The van der Waals surface area contributed by atoms with E-state index in [9.17, 15) is 14.7 Å². The van der Waals surface area contributed by atoms with Gasteiger partial charge in [-0.2, -0.15) is 0 Å². The molecule has 4 N–H and O–H groups in total. The van der Waals surface area contributed by atoms with E-state index in [1.54, 1.807) is 24.3 Å². The van der Waals surface area contributed by atoms with Gasteiger partial charge in [0.05, 0.1) is 17.2 Å². The van der Waals surface area contributed by atoms with Crippen LogP contribution in [0.2, 0.25) is 10.0 Å². The van der Waals surface area contributed by atoms with Gasteiger partial charge < -0.3 is 15.7 Å². The highest BCUT2D eigenvalue weighted by atomic mass is 35.5. The highest BCUT2D eigenvalue weighted by molar-refractivity contribution is 6.31. The molecule has 210 valence electrons. The predicted molar refractivity (Wildman–Crippen MR) is 152 cm³/mol. The van der Waals surface area contributed by atoms with Crippen LogP contribution < -0.4 is 16.0 Å². The summed E-state index contributed by atoms with van der Waals surface area (Å²) in [6.07, 6.45) is 2.69. The molecule has 1 aliphatic carbocycles.